The number of alkyl halides is 3. The minimum absolute atomic E-state index is 0.0381. The van der Waals surface area contributed by atoms with Crippen molar-refractivity contribution in [3.05, 3.63) is 82.1 Å². The Morgan fingerprint density at radius 2 is 1.75 bits per heavy atom. The standard InChI is InChI=1S/C26H22ClF4N3O5S/c1-14-10-23(15(2)9-19(14)27)40(37,38)34-21-11-17(28)5-8-20(21)33-25(36)22(34)12-24(35)32-13-16-3-6-18(7-4-16)39-26(29,30)31/h3-11,22H,12-13H2,1-2H3,(H,32,35)(H,33,36). The number of carbonyl (C=O) groups is 2. The Labute approximate surface area is 231 Å². The molecule has 0 aromatic heterocycles. The second-order valence-electron chi connectivity index (χ2n) is 9.01. The van der Waals surface area contributed by atoms with Gasteiger partial charge in [0.05, 0.1) is 22.7 Å². The lowest BCUT2D eigenvalue weighted by Crippen LogP contribution is -2.52. The van der Waals surface area contributed by atoms with Crippen molar-refractivity contribution in [1.82, 2.24) is 5.32 Å². The molecule has 0 fully saturated rings. The first kappa shape index (κ1) is 29.2. The van der Waals surface area contributed by atoms with Gasteiger partial charge in [-0.3, -0.25) is 13.9 Å². The van der Waals surface area contributed by atoms with Gasteiger partial charge in [0.2, 0.25) is 11.8 Å². The number of nitrogens with one attached hydrogen (secondary N) is 2. The first-order chi connectivity index (χ1) is 18.7. The maximum atomic E-state index is 14.3. The number of hydrogen-bond donors (Lipinski definition) is 2. The number of rotatable bonds is 7. The summed E-state index contributed by atoms with van der Waals surface area (Å²) in [5, 5.41) is 5.35. The van der Waals surface area contributed by atoms with Gasteiger partial charge in [-0.2, -0.15) is 0 Å². The molecule has 0 radical (unpaired) electrons. The molecule has 1 atom stereocenters. The van der Waals surface area contributed by atoms with Crippen LogP contribution in [0.4, 0.5) is 28.9 Å². The lowest BCUT2D eigenvalue weighted by atomic mass is 10.1. The number of benzene rings is 3. The molecule has 14 heteroatoms. The number of carbonyl (C=O) groups excluding carboxylic acids is 2. The fraction of sp³-hybridized carbons (Fsp3) is 0.231. The fourth-order valence-electron chi connectivity index (χ4n) is 4.15. The van der Waals surface area contributed by atoms with Crippen molar-refractivity contribution >= 4 is 44.8 Å². The summed E-state index contributed by atoms with van der Waals surface area (Å²) in [4.78, 5) is 25.8. The summed E-state index contributed by atoms with van der Waals surface area (Å²) in [5.41, 5.74) is 1.02. The van der Waals surface area contributed by atoms with Crippen molar-refractivity contribution in [3.63, 3.8) is 0 Å². The van der Waals surface area contributed by atoms with Crippen molar-refractivity contribution in [3.8, 4) is 5.75 Å². The predicted molar refractivity (Wildman–Crippen MR) is 139 cm³/mol. The van der Waals surface area contributed by atoms with Gasteiger partial charge in [0, 0.05) is 17.6 Å². The van der Waals surface area contributed by atoms with Gasteiger partial charge in [-0.25, -0.2) is 12.8 Å². The molecular weight excluding hydrogens is 578 g/mol. The Kier molecular flexibility index (Phi) is 7.99. The van der Waals surface area contributed by atoms with Crippen molar-refractivity contribution in [2.24, 2.45) is 0 Å². The third-order valence-electron chi connectivity index (χ3n) is 6.06. The Hall–Kier alpha value is -3.84. The topological polar surface area (TPSA) is 105 Å². The van der Waals surface area contributed by atoms with Crippen LogP contribution >= 0.6 is 11.6 Å². The van der Waals surface area contributed by atoms with Crippen LogP contribution in [-0.4, -0.2) is 32.6 Å². The van der Waals surface area contributed by atoms with Gasteiger partial charge in [0.15, 0.2) is 0 Å². The third-order valence-corrected chi connectivity index (χ3v) is 8.43. The molecule has 0 spiro atoms. The number of ether oxygens (including phenoxy) is 1. The number of fused-ring (bicyclic) bond motifs is 1. The second kappa shape index (κ2) is 11.0. The Balaban J connectivity index is 1.62. The molecule has 1 unspecified atom stereocenters. The second-order valence-corrected chi connectivity index (χ2v) is 11.2. The monoisotopic (exact) mass is 599 g/mol. The third kappa shape index (κ3) is 6.31. The molecule has 8 nitrogen and oxygen atoms in total. The lowest BCUT2D eigenvalue weighted by molar-refractivity contribution is -0.274. The number of aryl methyl sites for hydroxylation is 2. The number of anilines is 2. The molecule has 1 heterocycles. The van der Waals surface area contributed by atoms with Crippen molar-refractivity contribution in [2.75, 3.05) is 9.62 Å². The molecule has 3 aromatic rings. The van der Waals surface area contributed by atoms with Gasteiger partial charge in [0.25, 0.3) is 10.0 Å². The van der Waals surface area contributed by atoms with E-state index in [1.54, 1.807) is 6.92 Å². The Bertz CT molecular complexity index is 1580. The summed E-state index contributed by atoms with van der Waals surface area (Å²) in [6.45, 7) is 2.98. The molecule has 0 saturated heterocycles. The zero-order chi connectivity index (χ0) is 29.4. The van der Waals surface area contributed by atoms with E-state index in [4.69, 9.17) is 11.6 Å². The van der Waals surface area contributed by atoms with Crippen LogP contribution in [0.5, 0.6) is 5.75 Å². The highest BCUT2D eigenvalue weighted by Gasteiger charge is 2.43. The van der Waals surface area contributed by atoms with Gasteiger partial charge in [-0.1, -0.05) is 23.7 Å². The highest BCUT2D eigenvalue weighted by molar-refractivity contribution is 7.93. The van der Waals surface area contributed by atoms with Crippen molar-refractivity contribution < 1.29 is 40.3 Å². The first-order valence-corrected chi connectivity index (χ1v) is 13.5. The Morgan fingerprint density at radius 3 is 2.40 bits per heavy atom. The molecule has 40 heavy (non-hydrogen) atoms. The number of amides is 2. The van der Waals surface area contributed by atoms with Gasteiger partial charge in [0.1, 0.15) is 17.6 Å². The molecule has 212 valence electrons. The summed E-state index contributed by atoms with van der Waals surface area (Å²) < 4.78 is 83.8. The zero-order valence-electron chi connectivity index (χ0n) is 21.0. The van der Waals surface area contributed by atoms with Crippen molar-refractivity contribution in [1.29, 1.82) is 0 Å². The molecule has 4 rings (SSSR count). The molecule has 1 aliphatic rings. The van der Waals surface area contributed by atoms with E-state index in [0.717, 1.165) is 28.6 Å². The molecule has 2 amide bonds. The van der Waals surface area contributed by atoms with E-state index >= 15 is 0 Å². The predicted octanol–water partition coefficient (Wildman–Crippen LogP) is 5.22. The fourth-order valence-corrected chi connectivity index (χ4v) is 6.29. The summed E-state index contributed by atoms with van der Waals surface area (Å²) >= 11 is 6.13. The summed E-state index contributed by atoms with van der Waals surface area (Å²) in [5.74, 6) is -2.75. The number of sulfonamides is 1. The van der Waals surface area contributed by atoms with Crippen LogP contribution in [0.3, 0.4) is 0 Å². The van der Waals surface area contributed by atoms with E-state index in [0.29, 0.717) is 16.1 Å². The average molecular weight is 600 g/mol. The molecule has 1 aliphatic heterocycles. The van der Waals surface area contributed by atoms with Gasteiger partial charge < -0.3 is 15.4 Å². The SMILES string of the molecule is Cc1cc(S(=O)(=O)N2c3cc(F)ccc3NC(=O)C2CC(=O)NCc2ccc(OC(F)(F)F)cc2)c(C)cc1Cl. The smallest absolute Gasteiger partial charge is 0.406 e. The van der Waals surface area contributed by atoms with E-state index in [-0.39, 0.29) is 28.4 Å². The van der Waals surface area contributed by atoms with Gasteiger partial charge >= 0.3 is 6.36 Å². The van der Waals surface area contributed by atoms with Crippen molar-refractivity contribution in [2.45, 2.75) is 44.1 Å². The van der Waals surface area contributed by atoms with E-state index < -0.39 is 52.2 Å². The zero-order valence-corrected chi connectivity index (χ0v) is 22.5. The van der Waals surface area contributed by atoms with Crippen LogP contribution in [0.2, 0.25) is 5.02 Å². The minimum Gasteiger partial charge on any atom is -0.406 e. The minimum atomic E-state index is -4.85. The lowest BCUT2D eigenvalue weighted by Gasteiger charge is -2.37. The van der Waals surface area contributed by atoms with E-state index in [2.05, 4.69) is 15.4 Å². The summed E-state index contributed by atoms with van der Waals surface area (Å²) in [6.07, 6.45) is -5.49. The highest BCUT2D eigenvalue weighted by atomic mass is 35.5. The number of nitrogens with zero attached hydrogens (tertiary/aromatic N) is 1. The van der Waals surface area contributed by atoms with Gasteiger partial charge in [-0.05, 0) is 66.9 Å². The molecule has 0 aliphatic carbocycles. The normalized spacial score (nSPS) is 15.3. The van der Waals surface area contributed by atoms with E-state index in [1.807, 2.05) is 0 Å². The number of halogens is 5. The maximum Gasteiger partial charge on any atom is 0.573 e. The molecule has 2 N–H and O–H groups in total. The largest absolute Gasteiger partial charge is 0.573 e. The van der Waals surface area contributed by atoms with Crippen LogP contribution in [0.1, 0.15) is 23.1 Å². The van der Waals surface area contributed by atoms with E-state index in [1.165, 1.54) is 37.3 Å². The van der Waals surface area contributed by atoms with Crippen LogP contribution < -0.4 is 19.7 Å². The van der Waals surface area contributed by atoms with Crippen LogP contribution in [0.25, 0.3) is 0 Å². The van der Waals surface area contributed by atoms with Crippen LogP contribution in [0, 0.1) is 19.7 Å². The Morgan fingerprint density at radius 1 is 1.07 bits per heavy atom. The van der Waals surface area contributed by atoms with E-state index in [9.17, 15) is 35.6 Å². The van der Waals surface area contributed by atoms with Gasteiger partial charge in [-0.15, -0.1) is 13.2 Å². The molecule has 0 bridgehead atoms. The summed E-state index contributed by atoms with van der Waals surface area (Å²) in [6, 6.07) is 9.16. The average Bonchev–Trinajstić information content (AvgIpc) is 2.85. The summed E-state index contributed by atoms with van der Waals surface area (Å²) in [7, 11) is -4.52. The quantitative estimate of drug-likeness (QED) is 0.363. The molecular formula is C26H22ClF4N3O5S. The number of hydrogen-bond acceptors (Lipinski definition) is 5. The molecule has 0 saturated carbocycles. The first-order valence-electron chi connectivity index (χ1n) is 11.7. The molecule has 3 aromatic carbocycles. The van der Waals surface area contributed by atoms with Crippen LogP contribution in [-0.2, 0) is 26.2 Å². The van der Waals surface area contributed by atoms with Crippen LogP contribution in [0.15, 0.2) is 59.5 Å². The highest BCUT2D eigenvalue weighted by Crippen LogP contribution is 2.39. The maximum absolute atomic E-state index is 14.3.